The lowest BCUT2D eigenvalue weighted by Crippen LogP contribution is -2.21. The van der Waals surface area contributed by atoms with Crippen LogP contribution < -0.4 is 15.9 Å². The fourth-order valence-corrected chi connectivity index (χ4v) is 6.69. The van der Waals surface area contributed by atoms with E-state index in [0.29, 0.717) is 44.9 Å². The average Bonchev–Trinajstić information content (AvgIpc) is 3.57. The first-order chi connectivity index (χ1) is 20.8. The number of aryl methyl sites for hydroxylation is 2. The first-order valence-electron chi connectivity index (χ1n) is 13.7. The smallest absolute Gasteiger partial charge is 0.268 e. The molecule has 0 saturated carbocycles. The van der Waals surface area contributed by atoms with E-state index < -0.39 is 5.92 Å². The van der Waals surface area contributed by atoms with Crippen LogP contribution in [-0.2, 0) is 6.61 Å². The highest BCUT2D eigenvalue weighted by Crippen LogP contribution is 2.45. The van der Waals surface area contributed by atoms with Crippen LogP contribution in [0.4, 0.5) is 0 Å². The molecular weight excluding hydrogens is 672 g/mol. The molecule has 0 aliphatic rings. The summed E-state index contributed by atoms with van der Waals surface area (Å²) in [6.45, 7) is 4.31. The van der Waals surface area contributed by atoms with E-state index in [4.69, 9.17) is 4.74 Å². The number of nitrogens with one attached hydrogen (secondary N) is 4. The van der Waals surface area contributed by atoms with Crippen LogP contribution in [0.25, 0.3) is 22.5 Å². The van der Waals surface area contributed by atoms with Gasteiger partial charge in [-0.3, -0.25) is 30.0 Å². The van der Waals surface area contributed by atoms with Crippen LogP contribution in [0, 0.1) is 13.8 Å². The second-order valence-corrected chi connectivity index (χ2v) is 12.3. The Morgan fingerprint density at radius 3 is 1.70 bits per heavy atom. The summed E-state index contributed by atoms with van der Waals surface area (Å²) in [7, 11) is 0. The van der Waals surface area contributed by atoms with Gasteiger partial charge in [0, 0.05) is 10.0 Å². The Morgan fingerprint density at radius 2 is 1.19 bits per heavy atom. The molecule has 9 heteroatoms. The number of hydrogen-bond donors (Lipinski definition) is 4. The monoisotopic (exact) mass is 698 g/mol. The number of aromatic nitrogens is 4. The van der Waals surface area contributed by atoms with Gasteiger partial charge in [-0.2, -0.15) is 0 Å². The minimum Gasteiger partial charge on any atom is -0.487 e. The van der Waals surface area contributed by atoms with Gasteiger partial charge in [-0.25, -0.2) is 0 Å². The zero-order valence-corrected chi connectivity index (χ0v) is 26.6. The minimum atomic E-state index is -0.822. The predicted octanol–water partition coefficient (Wildman–Crippen LogP) is 7.95. The molecule has 7 nitrogen and oxygen atoms in total. The normalized spacial score (nSPS) is 11.3. The average molecular weight is 700 g/mol. The van der Waals surface area contributed by atoms with Crippen LogP contribution in [0.1, 0.15) is 39.3 Å². The molecule has 43 heavy (non-hydrogen) atoms. The van der Waals surface area contributed by atoms with E-state index in [2.05, 4.69) is 52.3 Å². The Kier molecular flexibility index (Phi) is 8.10. The Balaban J connectivity index is 1.63. The first-order valence-corrected chi connectivity index (χ1v) is 15.3. The van der Waals surface area contributed by atoms with Gasteiger partial charge in [-0.05, 0) is 58.6 Å². The quantitative estimate of drug-likeness (QED) is 0.130. The summed E-state index contributed by atoms with van der Waals surface area (Å²) < 4.78 is 7.92. The van der Waals surface area contributed by atoms with Gasteiger partial charge in [-0.15, -0.1) is 0 Å². The largest absolute Gasteiger partial charge is 0.487 e. The van der Waals surface area contributed by atoms with E-state index >= 15 is 0 Å². The molecule has 4 N–H and O–H groups in total. The van der Waals surface area contributed by atoms with Gasteiger partial charge in [0.25, 0.3) is 11.1 Å². The Hall–Kier alpha value is -4.34. The Morgan fingerprint density at radius 1 is 0.674 bits per heavy atom. The van der Waals surface area contributed by atoms with E-state index in [1.807, 2.05) is 105 Å². The molecular formula is C34H28Br2N4O3. The van der Waals surface area contributed by atoms with Crippen molar-refractivity contribution in [1.82, 2.24) is 20.4 Å². The molecule has 0 spiro atoms. The number of benzene rings is 4. The topological polar surface area (TPSA) is 107 Å². The van der Waals surface area contributed by atoms with Crippen molar-refractivity contribution >= 4 is 31.9 Å². The Bertz CT molecular complexity index is 1910. The molecule has 0 bridgehead atoms. The molecule has 4 aromatic carbocycles. The maximum atomic E-state index is 13.8. The standard InChI is InChI=1S/C34H28Br2N4O3/c1-19-8-12-22(13-9-19)30-28(33(41)39-37-30)27(29-31(38-40-34(29)42)23-14-10-20(2)11-15-23)25-16-24(35)17-26(36)32(25)43-18-21-6-4-3-5-7-21/h3-17,27H,18H2,1-2H3,(H2,37,39,41)(H2,38,40,42). The predicted molar refractivity (Wildman–Crippen MR) is 177 cm³/mol. The lowest BCUT2D eigenvalue weighted by molar-refractivity contribution is 0.300. The Labute approximate surface area is 264 Å². The highest BCUT2D eigenvalue weighted by molar-refractivity contribution is 9.11. The highest BCUT2D eigenvalue weighted by atomic mass is 79.9. The van der Waals surface area contributed by atoms with Gasteiger partial charge >= 0.3 is 0 Å². The summed E-state index contributed by atoms with van der Waals surface area (Å²) >= 11 is 7.35. The van der Waals surface area contributed by atoms with Crippen LogP contribution >= 0.6 is 31.9 Å². The fourth-order valence-electron chi connectivity index (χ4n) is 5.31. The summed E-state index contributed by atoms with van der Waals surface area (Å²) in [5.74, 6) is -0.292. The molecule has 216 valence electrons. The van der Waals surface area contributed by atoms with Crippen molar-refractivity contribution in [3.63, 3.8) is 0 Å². The highest BCUT2D eigenvalue weighted by Gasteiger charge is 2.34. The maximum Gasteiger partial charge on any atom is 0.268 e. The molecule has 0 aliphatic heterocycles. The lowest BCUT2D eigenvalue weighted by Gasteiger charge is -2.22. The first kappa shape index (κ1) is 28.8. The zero-order valence-electron chi connectivity index (χ0n) is 23.4. The van der Waals surface area contributed by atoms with Crippen LogP contribution in [-0.4, -0.2) is 20.4 Å². The van der Waals surface area contributed by atoms with Crippen molar-refractivity contribution < 1.29 is 4.74 Å². The lowest BCUT2D eigenvalue weighted by atomic mass is 9.82. The summed E-state index contributed by atoms with van der Waals surface area (Å²) in [5.41, 5.74) is 6.77. The number of rotatable bonds is 8. The molecule has 0 unspecified atom stereocenters. The van der Waals surface area contributed by atoms with Gasteiger partial charge in [-0.1, -0.05) is 106 Å². The van der Waals surface area contributed by atoms with E-state index in [1.165, 1.54) is 0 Å². The van der Waals surface area contributed by atoms with Crippen LogP contribution in [0.2, 0.25) is 0 Å². The number of ether oxygens (including phenoxy) is 1. The second-order valence-electron chi connectivity index (χ2n) is 10.5. The molecule has 0 aliphatic carbocycles. The van der Waals surface area contributed by atoms with Gasteiger partial charge in [0.1, 0.15) is 12.4 Å². The second kappa shape index (κ2) is 12.1. The van der Waals surface area contributed by atoms with Crippen molar-refractivity contribution in [3.05, 3.63) is 154 Å². The minimum absolute atomic E-state index is 0.295. The van der Waals surface area contributed by atoms with Crippen molar-refractivity contribution in [1.29, 1.82) is 0 Å². The number of halogens is 2. The SMILES string of the molecule is Cc1ccc(-c2[nH][nH]c(=O)c2C(c2cc(Br)cc(Br)c2OCc2ccccc2)c2c(-c3ccc(C)cc3)[nH][nH]c2=O)cc1. The van der Waals surface area contributed by atoms with Crippen molar-refractivity contribution in [2.75, 3.05) is 0 Å². The van der Waals surface area contributed by atoms with Gasteiger partial charge in [0.05, 0.1) is 32.9 Å². The van der Waals surface area contributed by atoms with Crippen LogP contribution in [0.15, 0.2) is 110 Å². The molecule has 2 aromatic heterocycles. The third-order valence-corrected chi connectivity index (χ3v) is 8.51. The van der Waals surface area contributed by atoms with Gasteiger partial charge < -0.3 is 4.74 Å². The molecule has 0 radical (unpaired) electrons. The van der Waals surface area contributed by atoms with Crippen molar-refractivity contribution in [2.45, 2.75) is 26.4 Å². The molecule has 0 fully saturated rings. The molecule has 0 amide bonds. The third kappa shape index (κ3) is 5.83. The summed E-state index contributed by atoms with van der Waals surface area (Å²) in [4.78, 5) is 27.6. The van der Waals surface area contributed by atoms with E-state index in [-0.39, 0.29) is 11.1 Å². The molecule has 2 heterocycles. The summed E-state index contributed by atoms with van der Waals surface area (Å²) in [6, 6.07) is 29.4. The summed E-state index contributed by atoms with van der Waals surface area (Å²) in [6.07, 6.45) is 0. The molecule has 0 saturated heterocycles. The number of hydrogen-bond acceptors (Lipinski definition) is 3. The number of aromatic amines is 4. The van der Waals surface area contributed by atoms with Crippen LogP contribution in [0.5, 0.6) is 5.75 Å². The molecule has 0 atom stereocenters. The van der Waals surface area contributed by atoms with Crippen molar-refractivity contribution in [2.24, 2.45) is 0 Å². The maximum absolute atomic E-state index is 13.8. The molecule has 6 rings (SSSR count). The van der Waals surface area contributed by atoms with E-state index in [9.17, 15) is 9.59 Å². The van der Waals surface area contributed by atoms with E-state index in [1.54, 1.807) is 0 Å². The van der Waals surface area contributed by atoms with Crippen LogP contribution in [0.3, 0.4) is 0 Å². The summed E-state index contributed by atoms with van der Waals surface area (Å²) in [5, 5.41) is 11.8. The zero-order chi connectivity index (χ0) is 30.1. The number of H-pyrrole nitrogens is 4. The third-order valence-electron chi connectivity index (χ3n) is 7.46. The van der Waals surface area contributed by atoms with Crippen molar-refractivity contribution in [3.8, 4) is 28.3 Å². The molecule has 6 aromatic rings. The van der Waals surface area contributed by atoms with E-state index in [0.717, 1.165) is 32.3 Å². The van der Waals surface area contributed by atoms with Gasteiger partial charge in [0.2, 0.25) is 0 Å². The van der Waals surface area contributed by atoms with Gasteiger partial charge in [0.15, 0.2) is 0 Å². The fraction of sp³-hybridized carbons (Fsp3) is 0.118.